The van der Waals surface area contributed by atoms with Gasteiger partial charge in [-0.25, -0.2) is 0 Å². The van der Waals surface area contributed by atoms with E-state index in [9.17, 15) is 0 Å². The minimum atomic E-state index is -0.283. The molecule has 2 heterocycles. The second-order valence-corrected chi connectivity index (χ2v) is 2.76. The molecular weight excluding hydrogens is 162 g/mol. The number of methoxy groups -OCH3 is 1. The van der Waals surface area contributed by atoms with Crippen molar-refractivity contribution in [1.82, 2.24) is 0 Å². The predicted octanol–water partition coefficient (Wildman–Crippen LogP) is 0.435. The van der Waals surface area contributed by atoms with Gasteiger partial charge in [-0.2, -0.15) is 0 Å². The molecule has 0 aliphatic carbocycles. The van der Waals surface area contributed by atoms with Crippen molar-refractivity contribution in [2.75, 3.05) is 13.7 Å². The normalized spacial score (nSPS) is 43.4. The molecule has 12 heavy (non-hydrogen) atoms. The van der Waals surface area contributed by atoms with E-state index < -0.39 is 0 Å². The smallest absolute Gasteiger partial charge is 0.186 e. The number of fused-ring (bicyclic) bond motifs is 1. The zero-order chi connectivity index (χ0) is 8.55. The van der Waals surface area contributed by atoms with Crippen molar-refractivity contribution in [3.63, 3.8) is 0 Å². The van der Waals surface area contributed by atoms with E-state index in [0.29, 0.717) is 6.54 Å². The molecule has 0 amide bonds. The van der Waals surface area contributed by atoms with Crippen LogP contribution >= 0.6 is 0 Å². The summed E-state index contributed by atoms with van der Waals surface area (Å²) >= 11 is 0. The van der Waals surface area contributed by atoms with Gasteiger partial charge < -0.3 is 14.2 Å². The van der Waals surface area contributed by atoms with E-state index in [4.69, 9.17) is 19.7 Å². The van der Waals surface area contributed by atoms with E-state index >= 15 is 0 Å². The van der Waals surface area contributed by atoms with Gasteiger partial charge >= 0.3 is 0 Å². The lowest BCUT2D eigenvalue weighted by Crippen LogP contribution is -2.23. The van der Waals surface area contributed by atoms with Crippen LogP contribution < -0.4 is 0 Å². The summed E-state index contributed by atoms with van der Waals surface area (Å²) in [5.41, 5.74) is 8.08. The van der Waals surface area contributed by atoms with Gasteiger partial charge in [-0.15, -0.1) is 0 Å². The number of hydrogen-bond donors (Lipinski definition) is 0. The lowest BCUT2D eigenvalue weighted by Gasteiger charge is -2.13. The summed E-state index contributed by atoms with van der Waals surface area (Å²) in [5.74, 6) is 0. The molecule has 6 heteroatoms. The van der Waals surface area contributed by atoms with Crippen molar-refractivity contribution in [3.05, 3.63) is 10.4 Å². The van der Waals surface area contributed by atoms with Crippen molar-refractivity contribution in [2.24, 2.45) is 5.11 Å². The third-order valence-electron chi connectivity index (χ3n) is 2.06. The van der Waals surface area contributed by atoms with Crippen LogP contribution in [0.25, 0.3) is 10.4 Å². The van der Waals surface area contributed by atoms with Crippen molar-refractivity contribution in [3.8, 4) is 0 Å². The third kappa shape index (κ3) is 1.15. The minimum absolute atomic E-state index is 0.0499. The average molecular weight is 171 g/mol. The standard InChI is InChI=1S/C6H9N3O3/c1-10-6-5-4(12-5)3(11-6)2-8-9-7/h3-6H,2H2,1H3/t3-,4-,5+,6-/m0/s1. The van der Waals surface area contributed by atoms with Crippen LogP contribution in [0, 0.1) is 0 Å². The van der Waals surface area contributed by atoms with Crippen LogP contribution in [-0.2, 0) is 14.2 Å². The van der Waals surface area contributed by atoms with Gasteiger partial charge in [0.05, 0.1) is 12.6 Å². The molecule has 66 valence electrons. The van der Waals surface area contributed by atoms with Gasteiger partial charge in [-0.1, -0.05) is 5.11 Å². The number of ether oxygens (including phenoxy) is 3. The second-order valence-electron chi connectivity index (χ2n) is 2.76. The maximum Gasteiger partial charge on any atom is 0.186 e. The van der Waals surface area contributed by atoms with E-state index in [2.05, 4.69) is 10.0 Å². The molecule has 0 spiro atoms. The highest BCUT2D eigenvalue weighted by molar-refractivity contribution is 5.00. The summed E-state index contributed by atoms with van der Waals surface area (Å²) in [6, 6.07) is 0. The first kappa shape index (κ1) is 7.82. The number of rotatable bonds is 3. The third-order valence-corrected chi connectivity index (χ3v) is 2.06. The number of epoxide rings is 1. The summed E-state index contributed by atoms with van der Waals surface area (Å²) in [6.07, 6.45) is -0.293. The zero-order valence-corrected chi connectivity index (χ0v) is 6.58. The Labute approximate surface area is 69.0 Å². The van der Waals surface area contributed by atoms with Gasteiger partial charge in [0.1, 0.15) is 12.2 Å². The van der Waals surface area contributed by atoms with Crippen molar-refractivity contribution < 1.29 is 14.2 Å². The summed E-state index contributed by atoms with van der Waals surface area (Å²) < 4.78 is 15.6. The molecule has 4 atom stereocenters. The molecule has 0 unspecified atom stereocenters. The Morgan fingerprint density at radius 2 is 2.33 bits per heavy atom. The van der Waals surface area contributed by atoms with Crippen LogP contribution in [0.15, 0.2) is 5.11 Å². The molecule has 0 aromatic rings. The second kappa shape index (κ2) is 2.91. The molecular formula is C6H9N3O3. The van der Waals surface area contributed by atoms with Crippen LogP contribution in [0.2, 0.25) is 0 Å². The van der Waals surface area contributed by atoms with Gasteiger partial charge in [0.25, 0.3) is 0 Å². The Morgan fingerprint density at radius 3 is 2.92 bits per heavy atom. The Hall–Kier alpha value is -0.810. The lowest BCUT2D eigenvalue weighted by molar-refractivity contribution is -0.155. The van der Waals surface area contributed by atoms with Crippen LogP contribution in [-0.4, -0.2) is 38.3 Å². The summed E-state index contributed by atoms with van der Waals surface area (Å²) in [6.45, 7) is 0.317. The molecule has 2 fully saturated rings. The quantitative estimate of drug-likeness (QED) is 0.267. The first-order valence-corrected chi connectivity index (χ1v) is 3.71. The average Bonchev–Trinajstić information content (AvgIpc) is 2.80. The Kier molecular flexibility index (Phi) is 1.90. The SMILES string of the molecule is CO[C@H]1O[C@@H](CN=[N+]=[N-])[C@@H]2O[C@@H]12. The molecule has 2 rings (SSSR count). The van der Waals surface area contributed by atoms with Crippen LogP contribution in [0.3, 0.4) is 0 Å². The van der Waals surface area contributed by atoms with E-state index in [1.807, 2.05) is 0 Å². The maximum absolute atomic E-state index is 8.08. The molecule has 0 aromatic heterocycles. The molecule has 0 N–H and O–H groups in total. The summed E-state index contributed by atoms with van der Waals surface area (Å²) in [4.78, 5) is 2.65. The number of nitrogens with zero attached hydrogens (tertiary/aromatic N) is 3. The van der Waals surface area contributed by atoms with E-state index in [-0.39, 0.29) is 24.6 Å². The maximum atomic E-state index is 8.08. The Morgan fingerprint density at radius 1 is 1.50 bits per heavy atom. The van der Waals surface area contributed by atoms with E-state index in [1.54, 1.807) is 7.11 Å². The topological polar surface area (TPSA) is 79.8 Å². The van der Waals surface area contributed by atoms with Gasteiger partial charge in [-0.3, -0.25) is 0 Å². The molecule has 2 aliphatic heterocycles. The van der Waals surface area contributed by atoms with Gasteiger partial charge in [-0.05, 0) is 5.53 Å². The summed E-state index contributed by atoms with van der Waals surface area (Å²) in [5, 5.41) is 3.42. The highest BCUT2D eigenvalue weighted by Gasteiger charge is 2.58. The number of azide groups is 1. The van der Waals surface area contributed by atoms with Gasteiger partial charge in [0.2, 0.25) is 0 Å². The molecule has 0 bridgehead atoms. The molecule has 2 saturated heterocycles. The summed E-state index contributed by atoms with van der Waals surface area (Å²) in [7, 11) is 1.57. The number of hydrogen-bond acceptors (Lipinski definition) is 4. The fourth-order valence-electron chi connectivity index (χ4n) is 1.44. The Bertz CT molecular complexity index is 228. The Balaban J connectivity index is 1.90. The van der Waals surface area contributed by atoms with Crippen molar-refractivity contribution >= 4 is 0 Å². The van der Waals surface area contributed by atoms with Crippen molar-refractivity contribution in [1.29, 1.82) is 0 Å². The first-order chi connectivity index (χ1) is 5.86. The predicted molar refractivity (Wildman–Crippen MR) is 38.3 cm³/mol. The fraction of sp³-hybridized carbons (Fsp3) is 1.00. The van der Waals surface area contributed by atoms with Crippen LogP contribution in [0.4, 0.5) is 0 Å². The van der Waals surface area contributed by atoms with E-state index in [0.717, 1.165) is 0 Å². The van der Waals surface area contributed by atoms with Crippen LogP contribution in [0.5, 0.6) is 0 Å². The molecule has 2 aliphatic rings. The monoisotopic (exact) mass is 171 g/mol. The van der Waals surface area contributed by atoms with E-state index in [1.165, 1.54) is 0 Å². The highest BCUT2D eigenvalue weighted by Crippen LogP contribution is 2.39. The molecule has 0 radical (unpaired) electrons. The van der Waals surface area contributed by atoms with Gasteiger partial charge in [0, 0.05) is 12.0 Å². The molecule has 6 nitrogen and oxygen atoms in total. The fourth-order valence-corrected chi connectivity index (χ4v) is 1.44. The molecule has 0 saturated carbocycles. The van der Waals surface area contributed by atoms with Crippen LogP contribution in [0.1, 0.15) is 0 Å². The lowest BCUT2D eigenvalue weighted by atomic mass is 10.2. The minimum Gasteiger partial charge on any atom is -0.361 e. The zero-order valence-electron chi connectivity index (χ0n) is 6.58. The first-order valence-electron chi connectivity index (χ1n) is 3.71. The van der Waals surface area contributed by atoms with Crippen molar-refractivity contribution in [2.45, 2.75) is 24.6 Å². The largest absolute Gasteiger partial charge is 0.361 e. The molecule has 0 aromatic carbocycles. The highest BCUT2D eigenvalue weighted by atomic mass is 16.8. The van der Waals surface area contributed by atoms with Gasteiger partial charge in [0.15, 0.2) is 6.29 Å².